The Hall–Kier alpha value is -5.34. The minimum absolute atomic E-state index is 0.836. The molecule has 40 heavy (non-hydrogen) atoms. The van der Waals surface area contributed by atoms with Gasteiger partial charge < -0.3 is 8.83 Å². The Bertz CT molecular complexity index is 2280. The van der Waals surface area contributed by atoms with Crippen molar-refractivity contribution in [1.29, 1.82) is 0 Å². The van der Waals surface area contributed by atoms with Gasteiger partial charge in [-0.2, -0.15) is 0 Å². The number of rotatable bonds is 2. The predicted molar refractivity (Wildman–Crippen MR) is 167 cm³/mol. The first kappa shape index (κ1) is 21.6. The average molecular weight is 511 g/mol. The molecule has 7 aromatic carbocycles. The molecule has 0 aliphatic heterocycles. The summed E-state index contributed by atoms with van der Waals surface area (Å²) in [7, 11) is 0. The molecule has 0 spiro atoms. The summed E-state index contributed by atoms with van der Waals surface area (Å²) < 4.78 is 13.0. The zero-order valence-electron chi connectivity index (χ0n) is 21.5. The Morgan fingerprint density at radius 2 is 0.700 bits per heavy atom. The van der Waals surface area contributed by atoms with Crippen LogP contribution in [-0.4, -0.2) is 0 Å². The van der Waals surface area contributed by atoms with E-state index in [1.165, 1.54) is 38.2 Å². The number of benzene rings is 7. The van der Waals surface area contributed by atoms with Gasteiger partial charge >= 0.3 is 0 Å². The van der Waals surface area contributed by atoms with Crippen LogP contribution in [0.3, 0.4) is 0 Å². The third-order valence-electron chi connectivity index (χ3n) is 8.25. The van der Waals surface area contributed by atoms with E-state index in [-0.39, 0.29) is 0 Å². The van der Waals surface area contributed by atoms with Gasteiger partial charge in [0.2, 0.25) is 0 Å². The summed E-state index contributed by atoms with van der Waals surface area (Å²) in [6, 6.07) is 47.1. The number of hydrogen-bond donors (Lipinski definition) is 0. The Morgan fingerprint density at radius 3 is 1.20 bits per heavy atom. The lowest BCUT2D eigenvalue weighted by atomic mass is 9.83. The van der Waals surface area contributed by atoms with Crippen LogP contribution in [-0.2, 0) is 0 Å². The van der Waals surface area contributed by atoms with Crippen molar-refractivity contribution in [1.82, 2.24) is 0 Å². The molecule has 0 N–H and O–H groups in total. The third kappa shape index (κ3) is 2.88. The monoisotopic (exact) mass is 510 g/mol. The second-order valence-electron chi connectivity index (χ2n) is 10.4. The molecule has 0 aliphatic rings. The van der Waals surface area contributed by atoms with Crippen molar-refractivity contribution in [3.8, 4) is 22.3 Å². The first-order valence-electron chi connectivity index (χ1n) is 13.6. The zero-order chi connectivity index (χ0) is 26.2. The summed E-state index contributed by atoms with van der Waals surface area (Å²) in [4.78, 5) is 0. The molecule has 2 heteroatoms. The van der Waals surface area contributed by atoms with E-state index in [0.29, 0.717) is 0 Å². The number of para-hydroxylation sites is 2. The van der Waals surface area contributed by atoms with Crippen molar-refractivity contribution in [2.24, 2.45) is 0 Å². The Morgan fingerprint density at radius 1 is 0.300 bits per heavy atom. The third-order valence-corrected chi connectivity index (χ3v) is 8.25. The van der Waals surface area contributed by atoms with Crippen LogP contribution in [0.5, 0.6) is 0 Å². The van der Waals surface area contributed by atoms with Crippen LogP contribution in [0.1, 0.15) is 0 Å². The van der Waals surface area contributed by atoms with E-state index < -0.39 is 0 Å². The van der Waals surface area contributed by atoms with E-state index in [4.69, 9.17) is 8.83 Å². The van der Waals surface area contributed by atoms with Crippen LogP contribution < -0.4 is 0 Å². The fraction of sp³-hybridized carbons (Fsp3) is 0. The normalized spacial score (nSPS) is 12.0. The maximum atomic E-state index is 6.48. The van der Waals surface area contributed by atoms with Gasteiger partial charge in [-0.3, -0.25) is 0 Å². The van der Waals surface area contributed by atoms with Crippen molar-refractivity contribution in [2.75, 3.05) is 0 Å². The van der Waals surface area contributed by atoms with Gasteiger partial charge in [0.25, 0.3) is 0 Å². The minimum Gasteiger partial charge on any atom is -0.456 e. The van der Waals surface area contributed by atoms with E-state index in [2.05, 4.69) is 109 Å². The molecule has 0 amide bonds. The lowest BCUT2D eigenvalue weighted by Crippen LogP contribution is -1.92. The average Bonchev–Trinajstić information content (AvgIpc) is 3.57. The molecule has 0 unspecified atom stereocenters. The van der Waals surface area contributed by atoms with Crippen LogP contribution >= 0.6 is 0 Å². The van der Waals surface area contributed by atoms with Crippen molar-refractivity contribution in [2.45, 2.75) is 0 Å². The molecule has 0 aliphatic carbocycles. The van der Waals surface area contributed by atoms with Crippen molar-refractivity contribution < 1.29 is 8.83 Å². The van der Waals surface area contributed by atoms with Crippen molar-refractivity contribution >= 4 is 65.4 Å². The van der Waals surface area contributed by atoms with E-state index in [1.54, 1.807) is 0 Å². The molecular formula is C38H22O2. The fourth-order valence-electron chi connectivity index (χ4n) is 6.66. The highest BCUT2D eigenvalue weighted by molar-refractivity contribution is 6.32. The molecular weight excluding hydrogens is 488 g/mol. The second-order valence-corrected chi connectivity index (χ2v) is 10.4. The van der Waals surface area contributed by atoms with E-state index >= 15 is 0 Å². The Labute approximate surface area is 229 Å². The van der Waals surface area contributed by atoms with Gasteiger partial charge in [-0.1, -0.05) is 115 Å². The highest BCUT2D eigenvalue weighted by Gasteiger charge is 2.25. The van der Waals surface area contributed by atoms with Gasteiger partial charge in [-0.15, -0.1) is 0 Å². The molecule has 0 atom stereocenters. The molecule has 0 saturated heterocycles. The summed E-state index contributed by atoms with van der Waals surface area (Å²) in [5.74, 6) is 0. The van der Waals surface area contributed by atoms with Crippen molar-refractivity contribution in [3.05, 3.63) is 133 Å². The lowest BCUT2D eigenvalue weighted by molar-refractivity contribution is 0.656. The highest BCUT2D eigenvalue weighted by atomic mass is 16.3. The topological polar surface area (TPSA) is 26.3 Å². The Balaban J connectivity index is 1.60. The largest absolute Gasteiger partial charge is 0.456 e. The second kappa shape index (κ2) is 8.08. The van der Waals surface area contributed by atoms with Crippen LogP contribution in [0.2, 0.25) is 0 Å². The number of fused-ring (bicyclic) bond motifs is 8. The summed E-state index contributed by atoms with van der Waals surface area (Å²) in [6.07, 6.45) is 0. The lowest BCUT2D eigenvalue weighted by Gasteiger charge is -2.19. The molecule has 2 nitrogen and oxygen atoms in total. The van der Waals surface area contributed by atoms with Gasteiger partial charge in [0, 0.05) is 33.2 Å². The first-order chi connectivity index (χ1) is 19.9. The molecule has 0 radical (unpaired) electrons. The molecule has 0 fully saturated rings. The summed E-state index contributed by atoms with van der Waals surface area (Å²) in [5, 5.41) is 9.35. The quantitative estimate of drug-likeness (QED) is 0.216. The summed E-state index contributed by atoms with van der Waals surface area (Å²) in [5.41, 5.74) is 8.27. The van der Waals surface area contributed by atoms with Crippen LogP contribution in [0.15, 0.2) is 142 Å². The minimum atomic E-state index is 0.836. The molecule has 0 bridgehead atoms. The van der Waals surface area contributed by atoms with Crippen LogP contribution in [0.4, 0.5) is 0 Å². The SMILES string of the molecule is c1ccc(-c2c3ccccc3c(-c3c4c(cc5oc6ccccc6c35)oc3ccccc34)c3ccccc23)cc1. The standard InChI is InChI=1S/C38H22O2/c1-2-12-23(13-3-1)34-24-14-4-6-16-26(24)35(27-17-7-5-15-25(27)34)38-36-28-18-8-10-20-30(28)39-32(36)22-33-37(38)29-19-9-11-21-31(29)40-33/h1-22H. The molecule has 2 aromatic heterocycles. The molecule has 9 rings (SSSR count). The Kier molecular flexibility index (Phi) is 4.36. The first-order valence-corrected chi connectivity index (χ1v) is 13.6. The van der Waals surface area contributed by atoms with Gasteiger partial charge in [0.1, 0.15) is 22.3 Å². The number of hydrogen-bond acceptors (Lipinski definition) is 2. The van der Waals surface area contributed by atoms with Crippen LogP contribution in [0.25, 0.3) is 87.7 Å². The summed E-state index contributed by atoms with van der Waals surface area (Å²) >= 11 is 0. The molecule has 2 heterocycles. The fourth-order valence-corrected chi connectivity index (χ4v) is 6.66. The van der Waals surface area contributed by atoms with Gasteiger partial charge in [-0.05, 0) is 50.4 Å². The van der Waals surface area contributed by atoms with Crippen molar-refractivity contribution in [3.63, 3.8) is 0 Å². The van der Waals surface area contributed by atoms with Gasteiger partial charge in [0.15, 0.2) is 0 Å². The van der Waals surface area contributed by atoms with Crippen LogP contribution in [0, 0.1) is 0 Å². The smallest absolute Gasteiger partial charge is 0.139 e. The molecule has 186 valence electrons. The van der Waals surface area contributed by atoms with E-state index in [0.717, 1.165) is 49.4 Å². The van der Waals surface area contributed by atoms with E-state index in [1.807, 2.05) is 24.3 Å². The zero-order valence-corrected chi connectivity index (χ0v) is 21.5. The predicted octanol–water partition coefficient (Wildman–Crippen LogP) is 11.1. The molecule has 0 saturated carbocycles. The van der Waals surface area contributed by atoms with E-state index in [9.17, 15) is 0 Å². The molecule has 9 aromatic rings. The maximum absolute atomic E-state index is 6.48. The summed E-state index contributed by atoms with van der Waals surface area (Å²) in [6.45, 7) is 0. The van der Waals surface area contributed by atoms with Gasteiger partial charge in [-0.25, -0.2) is 0 Å². The van der Waals surface area contributed by atoms with Gasteiger partial charge in [0.05, 0.1) is 0 Å². The maximum Gasteiger partial charge on any atom is 0.139 e. The highest BCUT2D eigenvalue weighted by Crippen LogP contribution is 2.51. The number of furan rings is 2.